The molecule has 0 aliphatic carbocycles. The maximum atomic E-state index is 4.26. The summed E-state index contributed by atoms with van der Waals surface area (Å²) in [5.74, 6) is 0.864. The van der Waals surface area contributed by atoms with Crippen LogP contribution >= 0.6 is 38.5 Å². The molecule has 1 aromatic carbocycles. The number of halogens is 2. The van der Waals surface area contributed by atoms with E-state index in [-0.39, 0.29) is 0 Å². The third kappa shape index (κ3) is 2.38. The van der Waals surface area contributed by atoms with Gasteiger partial charge in [0.1, 0.15) is 0 Å². The Morgan fingerprint density at radius 3 is 3.00 bits per heavy atom. The number of nitrogens with one attached hydrogen (secondary N) is 2. The number of benzene rings is 1. The van der Waals surface area contributed by atoms with Gasteiger partial charge in [0, 0.05) is 20.3 Å². The van der Waals surface area contributed by atoms with Crippen molar-refractivity contribution < 1.29 is 0 Å². The number of guanidine groups is 1. The van der Waals surface area contributed by atoms with Crippen LogP contribution in [-0.4, -0.2) is 19.0 Å². The summed E-state index contributed by atoms with van der Waals surface area (Å²) in [7, 11) is 0. The molecule has 1 heterocycles. The summed E-state index contributed by atoms with van der Waals surface area (Å²) in [6.45, 7) is 1.78. The van der Waals surface area contributed by atoms with Gasteiger partial charge in [-0.15, -0.1) is 0 Å². The van der Waals surface area contributed by atoms with Gasteiger partial charge in [-0.05, 0) is 56.7 Å². The normalized spacial score (nSPS) is 14.9. The van der Waals surface area contributed by atoms with Crippen molar-refractivity contribution in [3.8, 4) is 0 Å². The van der Waals surface area contributed by atoms with Crippen molar-refractivity contribution >= 4 is 50.2 Å². The highest BCUT2D eigenvalue weighted by atomic mass is 127. The van der Waals surface area contributed by atoms with Gasteiger partial charge in [-0.25, -0.2) is 0 Å². The molecule has 0 atom stereocenters. The van der Waals surface area contributed by atoms with Gasteiger partial charge in [0.05, 0.1) is 6.54 Å². The fraction of sp³-hybridized carbons (Fsp3) is 0.222. The van der Waals surface area contributed by atoms with Gasteiger partial charge in [-0.1, -0.05) is 0 Å². The standard InChI is InChI=1S/C9H9BrIN3/c10-7-2-1-6(5-8(7)11)14-9-12-3-4-13-9/h1-2,5H,3-4H2,(H2,12,13,14). The zero-order valence-electron chi connectivity index (χ0n) is 7.35. The number of nitrogens with zero attached hydrogens (tertiary/aromatic N) is 1. The lowest BCUT2D eigenvalue weighted by atomic mass is 10.3. The molecule has 0 saturated carbocycles. The predicted octanol–water partition coefficient (Wildman–Crippen LogP) is 2.42. The van der Waals surface area contributed by atoms with Crippen LogP contribution in [0.15, 0.2) is 27.7 Å². The smallest absolute Gasteiger partial charge is 0.195 e. The van der Waals surface area contributed by atoms with Crippen molar-refractivity contribution in [3.63, 3.8) is 0 Å². The molecule has 3 nitrogen and oxygen atoms in total. The molecule has 0 bridgehead atoms. The van der Waals surface area contributed by atoms with Crippen LogP contribution in [-0.2, 0) is 0 Å². The zero-order chi connectivity index (χ0) is 9.97. The SMILES string of the molecule is Brc1ccc(NC2=NCCN2)cc1I. The highest BCUT2D eigenvalue weighted by molar-refractivity contribution is 14.1. The van der Waals surface area contributed by atoms with E-state index in [0.717, 1.165) is 29.2 Å². The molecule has 0 unspecified atom stereocenters. The van der Waals surface area contributed by atoms with E-state index in [0.29, 0.717) is 0 Å². The Morgan fingerprint density at radius 2 is 2.36 bits per heavy atom. The first-order chi connectivity index (χ1) is 6.75. The quantitative estimate of drug-likeness (QED) is 0.750. The Balaban J connectivity index is 2.13. The molecule has 0 radical (unpaired) electrons. The molecule has 74 valence electrons. The Bertz CT molecular complexity index is 378. The van der Waals surface area contributed by atoms with E-state index in [1.807, 2.05) is 12.1 Å². The number of hydrogen-bond donors (Lipinski definition) is 2. The number of anilines is 1. The van der Waals surface area contributed by atoms with E-state index in [4.69, 9.17) is 0 Å². The Hall–Kier alpha value is -0.300. The van der Waals surface area contributed by atoms with Gasteiger partial charge in [-0.3, -0.25) is 4.99 Å². The summed E-state index contributed by atoms with van der Waals surface area (Å²) in [4.78, 5) is 4.26. The van der Waals surface area contributed by atoms with Crippen molar-refractivity contribution in [2.45, 2.75) is 0 Å². The molecule has 2 rings (SSSR count). The summed E-state index contributed by atoms with van der Waals surface area (Å²) in [6, 6.07) is 6.13. The minimum absolute atomic E-state index is 0.857. The Labute approximate surface area is 105 Å². The molecule has 1 aromatic rings. The van der Waals surface area contributed by atoms with E-state index in [2.05, 4.69) is 60.2 Å². The molecule has 5 heteroatoms. The zero-order valence-corrected chi connectivity index (χ0v) is 11.1. The minimum Gasteiger partial charge on any atom is -0.354 e. The molecule has 0 aromatic heterocycles. The van der Waals surface area contributed by atoms with E-state index >= 15 is 0 Å². The maximum Gasteiger partial charge on any atom is 0.195 e. The summed E-state index contributed by atoms with van der Waals surface area (Å²) in [5.41, 5.74) is 1.06. The van der Waals surface area contributed by atoms with E-state index in [1.54, 1.807) is 0 Å². The van der Waals surface area contributed by atoms with E-state index in [1.165, 1.54) is 3.57 Å². The van der Waals surface area contributed by atoms with Crippen LogP contribution in [0, 0.1) is 3.57 Å². The first-order valence-electron chi connectivity index (χ1n) is 4.26. The van der Waals surface area contributed by atoms with Crippen molar-refractivity contribution in [1.29, 1.82) is 0 Å². The molecule has 0 fully saturated rings. The first-order valence-corrected chi connectivity index (χ1v) is 6.13. The monoisotopic (exact) mass is 365 g/mol. The fourth-order valence-electron chi connectivity index (χ4n) is 1.19. The second-order valence-electron chi connectivity index (χ2n) is 2.91. The number of hydrogen-bond acceptors (Lipinski definition) is 3. The second-order valence-corrected chi connectivity index (χ2v) is 4.93. The lowest BCUT2D eigenvalue weighted by molar-refractivity contribution is 0.959. The summed E-state index contributed by atoms with van der Waals surface area (Å²) >= 11 is 5.75. The van der Waals surface area contributed by atoms with E-state index < -0.39 is 0 Å². The van der Waals surface area contributed by atoms with Crippen molar-refractivity contribution in [3.05, 3.63) is 26.2 Å². The summed E-state index contributed by atoms with van der Waals surface area (Å²) < 4.78 is 2.30. The van der Waals surface area contributed by atoms with Crippen LogP contribution < -0.4 is 10.6 Å². The lowest BCUT2D eigenvalue weighted by Crippen LogP contribution is -2.26. The van der Waals surface area contributed by atoms with Crippen molar-refractivity contribution in [2.24, 2.45) is 4.99 Å². The largest absolute Gasteiger partial charge is 0.354 e. The van der Waals surface area contributed by atoms with Crippen LogP contribution in [0.5, 0.6) is 0 Å². The molecule has 0 spiro atoms. The Kier molecular flexibility index (Phi) is 3.27. The molecule has 14 heavy (non-hydrogen) atoms. The molecule has 0 saturated heterocycles. The third-order valence-corrected chi connectivity index (χ3v) is 4.18. The van der Waals surface area contributed by atoms with Gasteiger partial charge in [0.25, 0.3) is 0 Å². The maximum absolute atomic E-state index is 4.26. The highest BCUT2D eigenvalue weighted by Crippen LogP contribution is 2.22. The highest BCUT2D eigenvalue weighted by Gasteiger charge is 2.05. The second kappa shape index (κ2) is 4.48. The summed E-state index contributed by atoms with van der Waals surface area (Å²) in [5, 5.41) is 6.39. The fourth-order valence-corrected chi connectivity index (χ4v) is 1.95. The molecule has 1 aliphatic rings. The Morgan fingerprint density at radius 1 is 1.50 bits per heavy atom. The molecular weight excluding hydrogens is 357 g/mol. The van der Waals surface area contributed by atoms with Crippen molar-refractivity contribution in [2.75, 3.05) is 18.4 Å². The lowest BCUT2D eigenvalue weighted by Gasteiger charge is -2.07. The van der Waals surface area contributed by atoms with Gasteiger partial charge >= 0.3 is 0 Å². The molecule has 1 aliphatic heterocycles. The van der Waals surface area contributed by atoms with Gasteiger partial charge < -0.3 is 10.6 Å². The van der Waals surface area contributed by atoms with Gasteiger partial charge in [-0.2, -0.15) is 0 Å². The number of aliphatic imine (C=N–C) groups is 1. The first kappa shape index (κ1) is 10.2. The average Bonchev–Trinajstić information content (AvgIpc) is 2.64. The third-order valence-electron chi connectivity index (χ3n) is 1.86. The van der Waals surface area contributed by atoms with E-state index in [9.17, 15) is 0 Å². The molecule has 0 amide bonds. The predicted molar refractivity (Wildman–Crippen MR) is 70.8 cm³/mol. The van der Waals surface area contributed by atoms with Crippen LogP contribution in [0.2, 0.25) is 0 Å². The van der Waals surface area contributed by atoms with Gasteiger partial charge in [0.15, 0.2) is 5.96 Å². The van der Waals surface area contributed by atoms with Crippen LogP contribution in [0.1, 0.15) is 0 Å². The van der Waals surface area contributed by atoms with Gasteiger partial charge in [0.2, 0.25) is 0 Å². The average molecular weight is 366 g/mol. The number of rotatable bonds is 1. The molecule has 2 N–H and O–H groups in total. The molecular formula is C9H9BrIN3. The summed E-state index contributed by atoms with van der Waals surface area (Å²) in [6.07, 6.45) is 0. The van der Waals surface area contributed by atoms with Crippen LogP contribution in [0.4, 0.5) is 5.69 Å². The van der Waals surface area contributed by atoms with Crippen LogP contribution in [0.25, 0.3) is 0 Å². The van der Waals surface area contributed by atoms with Crippen molar-refractivity contribution in [1.82, 2.24) is 5.32 Å². The van der Waals surface area contributed by atoms with Crippen LogP contribution in [0.3, 0.4) is 0 Å². The minimum atomic E-state index is 0.857. The topological polar surface area (TPSA) is 36.4 Å².